The summed E-state index contributed by atoms with van der Waals surface area (Å²) in [5.41, 5.74) is 0. The van der Waals surface area contributed by atoms with E-state index in [0.717, 1.165) is 0 Å². The SMILES string of the molecule is OC(F)C(F)C(F)C(F)C(F)(F)C(O)(F)F.[NaH]. The maximum absolute atomic E-state index is 12.4. The van der Waals surface area contributed by atoms with Crippen molar-refractivity contribution in [2.45, 2.75) is 36.9 Å². The number of hydrogen-bond acceptors (Lipinski definition) is 2. The van der Waals surface area contributed by atoms with Crippen molar-refractivity contribution >= 4 is 29.6 Å². The molecule has 0 saturated heterocycles. The van der Waals surface area contributed by atoms with Gasteiger partial charge < -0.3 is 10.2 Å². The number of halogens is 8. The first kappa shape index (κ1) is 19.7. The van der Waals surface area contributed by atoms with Crippen molar-refractivity contribution in [3.63, 3.8) is 0 Å². The number of hydrogen-bond donors (Lipinski definition) is 2. The van der Waals surface area contributed by atoms with Crippen molar-refractivity contribution in [3.05, 3.63) is 0 Å². The molecule has 2 N–H and O–H groups in total. The van der Waals surface area contributed by atoms with E-state index in [4.69, 9.17) is 10.2 Å². The average Bonchev–Trinajstić information content (AvgIpc) is 2.12. The fourth-order valence-electron chi connectivity index (χ4n) is 0.679. The Bertz CT molecular complexity index is 233. The number of rotatable bonds is 5. The number of aliphatic hydroxyl groups is 2. The summed E-state index contributed by atoms with van der Waals surface area (Å²) in [7, 11) is 0. The van der Waals surface area contributed by atoms with Crippen molar-refractivity contribution in [2.24, 2.45) is 0 Å². The third-order valence-corrected chi connectivity index (χ3v) is 1.59. The third kappa shape index (κ3) is 4.51. The van der Waals surface area contributed by atoms with Crippen LogP contribution in [0.3, 0.4) is 0 Å². The fourth-order valence-corrected chi connectivity index (χ4v) is 0.679. The fraction of sp³-hybridized carbons (Fsp3) is 1.00. The van der Waals surface area contributed by atoms with Gasteiger partial charge >= 0.3 is 41.6 Å². The number of alkyl halides is 8. The molecule has 11 heteroatoms. The molecule has 4 unspecified atom stereocenters. The molecule has 0 aliphatic heterocycles. The molecule has 0 aliphatic rings. The minimum atomic E-state index is -5.95. The van der Waals surface area contributed by atoms with Gasteiger partial charge in [0, 0.05) is 0 Å². The van der Waals surface area contributed by atoms with E-state index in [1.165, 1.54) is 0 Å². The summed E-state index contributed by atoms with van der Waals surface area (Å²) < 4.78 is 96.5. The molecular weight excluding hydrogens is 279 g/mol. The van der Waals surface area contributed by atoms with Gasteiger partial charge in [0.05, 0.1) is 0 Å². The van der Waals surface area contributed by atoms with Crippen molar-refractivity contribution in [2.75, 3.05) is 0 Å². The molecule has 0 amide bonds. The molecule has 0 rings (SSSR count). The van der Waals surface area contributed by atoms with Crippen LogP contribution in [0.15, 0.2) is 0 Å². The maximum atomic E-state index is 12.4. The first-order chi connectivity index (χ1) is 6.93. The van der Waals surface area contributed by atoms with Crippen LogP contribution in [0.2, 0.25) is 0 Å². The van der Waals surface area contributed by atoms with Crippen LogP contribution in [0.5, 0.6) is 0 Å². The Balaban J connectivity index is 0. The van der Waals surface area contributed by atoms with Crippen molar-refractivity contribution in [1.29, 1.82) is 0 Å². The van der Waals surface area contributed by atoms with Gasteiger partial charge in [-0.2, -0.15) is 17.6 Å². The van der Waals surface area contributed by atoms with E-state index in [1.807, 2.05) is 0 Å². The normalized spacial score (nSPS) is 20.1. The van der Waals surface area contributed by atoms with Crippen LogP contribution in [-0.2, 0) is 0 Å². The van der Waals surface area contributed by atoms with Gasteiger partial charge in [-0.05, 0) is 0 Å². The molecule has 0 aromatic heterocycles. The van der Waals surface area contributed by atoms with Crippen LogP contribution in [0.25, 0.3) is 0 Å². The molecule has 0 radical (unpaired) electrons. The van der Waals surface area contributed by atoms with Crippen molar-refractivity contribution in [1.82, 2.24) is 0 Å². The van der Waals surface area contributed by atoms with E-state index in [-0.39, 0.29) is 29.6 Å². The van der Waals surface area contributed by atoms with Crippen molar-refractivity contribution in [3.8, 4) is 0 Å². The molecule has 0 bridgehead atoms. The molecule has 2 nitrogen and oxygen atoms in total. The van der Waals surface area contributed by atoms with Crippen LogP contribution in [0.1, 0.15) is 0 Å². The van der Waals surface area contributed by atoms with E-state index in [2.05, 4.69) is 0 Å². The number of aliphatic hydroxyl groups excluding tert-OH is 1. The van der Waals surface area contributed by atoms with Gasteiger partial charge in [0.25, 0.3) is 0 Å². The summed E-state index contributed by atoms with van der Waals surface area (Å²) in [5, 5.41) is 15.3. The average molecular weight is 286 g/mol. The molecule has 0 fully saturated rings. The molecule has 0 heterocycles. The van der Waals surface area contributed by atoms with Gasteiger partial charge in [0.2, 0.25) is 12.5 Å². The Hall–Kier alpha value is 0.360. The molecule has 0 aromatic rings. The zero-order valence-corrected chi connectivity index (χ0v) is 7.23. The second-order valence-corrected chi connectivity index (χ2v) is 2.83. The standard InChI is InChI=1S/C6H6F8O2.Na.H/c7-1(2(8)4(10)15)3(9)5(11,12)6(13,14)16;;/h1-4,15-16H;;. The topological polar surface area (TPSA) is 40.5 Å². The first-order valence-corrected chi connectivity index (χ1v) is 3.65. The van der Waals surface area contributed by atoms with E-state index in [1.54, 1.807) is 0 Å². The van der Waals surface area contributed by atoms with Gasteiger partial charge in [0.1, 0.15) is 0 Å². The monoisotopic (exact) mass is 286 g/mol. The van der Waals surface area contributed by atoms with Gasteiger partial charge in [-0.3, -0.25) is 0 Å². The van der Waals surface area contributed by atoms with Gasteiger partial charge in [-0.15, -0.1) is 0 Å². The predicted octanol–water partition coefficient (Wildman–Crippen LogP) is 0.860. The summed E-state index contributed by atoms with van der Waals surface area (Å²) in [5.74, 6) is -5.95. The van der Waals surface area contributed by atoms with Crippen LogP contribution in [0, 0.1) is 0 Å². The van der Waals surface area contributed by atoms with Crippen LogP contribution in [0.4, 0.5) is 35.1 Å². The molecular formula is C6H7F8NaO2. The Labute approximate surface area is 112 Å². The minimum absolute atomic E-state index is 0. The third-order valence-electron chi connectivity index (χ3n) is 1.59. The van der Waals surface area contributed by atoms with Crippen LogP contribution < -0.4 is 0 Å². The molecule has 17 heavy (non-hydrogen) atoms. The Morgan fingerprint density at radius 2 is 1.18 bits per heavy atom. The molecule has 0 aliphatic carbocycles. The second kappa shape index (κ2) is 6.50. The predicted molar refractivity (Wildman–Crippen MR) is 41.1 cm³/mol. The first-order valence-electron chi connectivity index (χ1n) is 3.65. The second-order valence-electron chi connectivity index (χ2n) is 2.83. The van der Waals surface area contributed by atoms with Crippen LogP contribution >= 0.6 is 0 Å². The molecule has 100 valence electrons. The Morgan fingerprint density at radius 3 is 1.41 bits per heavy atom. The van der Waals surface area contributed by atoms with Gasteiger partial charge in [-0.1, -0.05) is 0 Å². The van der Waals surface area contributed by atoms with Gasteiger partial charge in [-0.25, -0.2) is 17.6 Å². The molecule has 0 spiro atoms. The summed E-state index contributed by atoms with van der Waals surface area (Å²) in [6.07, 6.45) is -22.0. The molecule has 4 atom stereocenters. The quantitative estimate of drug-likeness (QED) is 0.581. The molecule has 0 saturated carbocycles. The van der Waals surface area contributed by atoms with E-state index < -0.39 is 36.9 Å². The zero-order valence-electron chi connectivity index (χ0n) is 7.23. The zero-order chi connectivity index (χ0) is 13.3. The summed E-state index contributed by atoms with van der Waals surface area (Å²) in [6.45, 7) is 0. The molecule has 0 aromatic carbocycles. The Morgan fingerprint density at radius 1 is 0.824 bits per heavy atom. The van der Waals surface area contributed by atoms with Crippen LogP contribution in [-0.4, -0.2) is 76.7 Å². The Kier molecular flexibility index (Phi) is 7.54. The summed E-state index contributed by atoms with van der Waals surface area (Å²) >= 11 is 0. The summed E-state index contributed by atoms with van der Waals surface area (Å²) in [4.78, 5) is 0. The van der Waals surface area contributed by atoms with Gasteiger partial charge in [0.15, 0.2) is 12.3 Å². The van der Waals surface area contributed by atoms with E-state index in [9.17, 15) is 35.1 Å². The van der Waals surface area contributed by atoms with Crippen molar-refractivity contribution < 1.29 is 45.3 Å². The van der Waals surface area contributed by atoms with E-state index >= 15 is 0 Å². The summed E-state index contributed by atoms with van der Waals surface area (Å²) in [6, 6.07) is 0. The van der Waals surface area contributed by atoms with E-state index in [0.29, 0.717) is 0 Å².